The molecule has 1 atom stereocenters. The van der Waals surface area contributed by atoms with Crippen molar-refractivity contribution < 1.29 is 9.53 Å². The van der Waals surface area contributed by atoms with E-state index in [1.807, 2.05) is 6.07 Å². The predicted molar refractivity (Wildman–Crippen MR) is 74.3 cm³/mol. The number of rotatable bonds is 4. The molecular weight excluding hydrogens is 242 g/mol. The number of carbonyl (C=O) groups excluding carboxylic acids is 1. The van der Waals surface area contributed by atoms with Crippen LogP contribution in [-0.2, 0) is 4.74 Å². The Bertz CT molecular complexity index is 428. The van der Waals surface area contributed by atoms with Gasteiger partial charge in [0.25, 0.3) is 5.91 Å². The minimum atomic E-state index is -0.0856. The van der Waals surface area contributed by atoms with Crippen molar-refractivity contribution in [1.82, 2.24) is 9.88 Å². The second-order valence-electron chi connectivity index (χ2n) is 5.00. The van der Waals surface area contributed by atoms with E-state index in [2.05, 4.69) is 10.3 Å². The zero-order valence-corrected chi connectivity index (χ0v) is 11.6. The lowest BCUT2D eigenvalue weighted by Crippen LogP contribution is -2.27. The van der Waals surface area contributed by atoms with E-state index in [1.165, 1.54) is 11.3 Å². The van der Waals surface area contributed by atoms with Crippen molar-refractivity contribution in [1.29, 1.82) is 0 Å². The Labute approximate surface area is 114 Å². The topological polar surface area (TPSA) is 54.5 Å². The minimum Gasteiger partial charge on any atom is -0.382 e. The maximum atomic E-state index is 11.8. The van der Waals surface area contributed by atoms with Gasteiger partial charge in [0.05, 0.1) is 6.10 Å². The van der Waals surface area contributed by atoms with Crippen molar-refractivity contribution in [3.05, 3.63) is 24.0 Å². The lowest BCUT2D eigenvalue weighted by atomic mass is 10.1. The maximum Gasteiger partial charge on any atom is 0.272 e. The van der Waals surface area contributed by atoms with Gasteiger partial charge in [0.2, 0.25) is 0 Å². The smallest absolute Gasteiger partial charge is 0.272 e. The Kier molecular flexibility index (Phi) is 4.74. The van der Waals surface area contributed by atoms with E-state index in [1.54, 1.807) is 26.4 Å². The molecule has 0 radical (unpaired) electrons. The van der Waals surface area contributed by atoms with Crippen molar-refractivity contribution in [2.45, 2.75) is 25.4 Å². The van der Waals surface area contributed by atoms with Gasteiger partial charge in [-0.1, -0.05) is 0 Å². The van der Waals surface area contributed by atoms with Crippen LogP contribution in [0.25, 0.3) is 0 Å². The van der Waals surface area contributed by atoms with E-state index < -0.39 is 0 Å². The summed E-state index contributed by atoms with van der Waals surface area (Å²) >= 11 is 0. The van der Waals surface area contributed by atoms with Gasteiger partial charge in [0.15, 0.2) is 0 Å². The fourth-order valence-electron chi connectivity index (χ4n) is 2.09. The molecule has 0 bridgehead atoms. The standard InChI is InChI=1S/C14H21N3O2/c1-17(2)14(18)13-9-11(6-7-15-13)16-10-12-5-3-4-8-19-12/h6-7,9,12H,3-5,8,10H2,1-2H3,(H,15,16). The molecule has 1 aromatic rings. The van der Waals surface area contributed by atoms with Crippen LogP contribution in [0.2, 0.25) is 0 Å². The molecular formula is C14H21N3O2. The molecule has 1 saturated heterocycles. The molecule has 2 rings (SSSR count). The summed E-state index contributed by atoms with van der Waals surface area (Å²) in [6.07, 6.45) is 5.41. The number of aromatic nitrogens is 1. The van der Waals surface area contributed by atoms with Gasteiger partial charge in [0.1, 0.15) is 5.69 Å². The summed E-state index contributed by atoms with van der Waals surface area (Å²) in [4.78, 5) is 17.4. The molecule has 104 valence electrons. The monoisotopic (exact) mass is 263 g/mol. The molecule has 1 fully saturated rings. The van der Waals surface area contributed by atoms with Gasteiger partial charge in [0, 0.05) is 39.1 Å². The van der Waals surface area contributed by atoms with Crippen molar-refractivity contribution in [2.75, 3.05) is 32.6 Å². The summed E-state index contributed by atoms with van der Waals surface area (Å²) in [6, 6.07) is 3.65. The number of nitrogens with one attached hydrogen (secondary N) is 1. The number of hydrogen-bond donors (Lipinski definition) is 1. The molecule has 5 heteroatoms. The molecule has 0 saturated carbocycles. The number of anilines is 1. The van der Waals surface area contributed by atoms with Crippen molar-refractivity contribution in [3.63, 3.8) is 0 Å². The highest BCUT2D eigenvalue weighted by Crippen LogP contribution is 2.15. The molecule has 1 N–H and O–H groups in total. The van der Waals surface area contributed by atoms with Gasteiger partial charge < -0.3 is 15.0 Å². The third-order valence-electron chi connectivity index (χ3n) is 3.19. The van der Waals surface area contributed by atoms with Crippen LogP contribution >= 0.6 is 0 Å². The van der Waals surface area contributed by atoms with E-state index in [0.29, 0.717) is 5.69 Å². The van der Waals surface area contributed by atoms with Crippen LogP contribution in [0, 0.1) is 0 Å². The highest BCUT2D eigenvalue weighted by atomic mass is 16.5. The van der Waals surface area contributed by atoms with Gasteiger partial charge in [-0.15, -0.1) is 0 Å². The Balaban J connectivity index is 1.93. The fraction of sp³-hybridized carbons (Fsp3) is 0.571. The van der Waals surface area contributed by atoms with Crippen LogP contribution in [0.15, 0.2) is 18.3 Å². The Morgan fingerprint density at radius 3 is 3.05 bits per heavy atom. The molecule has 1 amide bonds. The second-order valence-corrected chi connectivity index (χ2v) is 5.00. The van der Waals surface area contributed by atoms with Gasteiger partial charge in [-0.2, -0.15) is 0 Å². The highest BCUT2D eigenvalue weighted by Gasteiger charge is 2.14. The zero-order chi connectivity index (χ0) is 13.7. The van der Waals surface area contributed by atoms with Crippen LogP contribution in [0.4, 0.5) is 5.69 Å². The average Bonchev–Trinajstić information content (AvgIpc) is 2.45. The molecule has 1 aliphatic heterocycles. The van der Waals surface area contributed by atoms with E-state index >= 15 is 0 Å². The summed E-state index contributed by atoms with van der Waals surface area (Å²) in [6.45, 7) is 1.63. The van der Waals surface area contributed by atoms with Crippen molar-refractivity contribution >= 4 is 11.6 Å². The lowest BCUT2D eigenvalue weighted by Gasteiger charge is -2.23. The first-order valence-electron chi connectivity index (χ1n) is 6.70. The number of nitrogens with zero attached hydrogens (tertiary/aromatic N) is 2. The first-order valence-corrected chi connectivity index (χ1v) is 6.70. The van der Waals surface area contributed by atoms with Crippen LogP contribution in [0.3, 0.4) is 0 Å². The summed E-state index contributed by atoms with van der Waals surface area (Å²) in [5.74, 6) is -0.0856. The fourth-order valence-corrected chi connectivity index (χ4v) is 2.09. The highest BCUT2D eigenvalue weighted by molar-refractivity contribution is 5.92. The van der Waals surface area contributed by atoms with Gasteiger partial charge in [-0.3, -0.25) is 9.78 Å². The molecule has 2 heterocycles. The molecule has 0 aliphatic carbocycles. The molecule has 1 aromatic heterocycles. The first kappa shape index (κ1) is 13.8. The number of hydrogen-bond acceptors (Lipinski definition) is 4. The maximum absolute atomic E-state index is 11.8. The molecule has 0 spiro atoms. The van der Waals surface area contributed by atoms with E-state index in [-0.39, 0.29) is 12.0 Å². The van der Waals surface area contributed by atoms with Crippen molar-refractivity contribution in [2.24, 2.45) is 0 Å². The summed E-state index contributed by atoms with van der Waals surface area (Å²) < 4.78 is 5.66. The third kappa shape index (κ3) is 3.92. The van der Waals surface area contributed by atoms with Crippen LogP contribution < -0.4 is 5.32 Å². The quantitative estimate of drug-likeness (QED) is 0.899. The predicted octanol–water partition coefficient (Wildman–Crippen LogP) is 1.76. The molecule has 5 nitrogen and oxygen atoms in total. The zero-order valence-electron chi connectivity index (χ0n) is 11.6. The molecule has 1 aliphatic rings. The van der Waals surface area contributed by atoms with E-state index in [4.69, 9.17) is 4.74 Å². The number of carbonyl (C=O) groups is 1. The third-order valence-corrected chi connectivity index (χ3v) is 3.19. The van der Waals surface area contributed by atoms with Crippen molar-refractivity contribution in [3.8, 4) is 0 Å². The van der Waals surface area contributed by atoms with Gasteiger partial charge in [-0.25, -0.2) is 0 Å². The lowest BCUT2D eigenvalue weighted by molar-refractivity contribution is 0.0247. The number of pyridine rings is 1. The largest absolute Gasteiger partial charge is 0.382 e. The van der Waals surface area contributed by atoms with Crippen LogP contribution in [0.1, 0.15) is 29.8 Å². The molecule has 1 unspecified atom stereocenters. The Hall–Kier alpha value is -1.62. The van der Waals surface area contributed by atoms with Crippen LogP contribution in [-0.4, -0.2) is 49.1 Å². The number of amides is 1. The SMILES string of the molecule is CN(C)C(=O)c1cc(NCC2CCCCO2)ccn1. The summed E-state index contributed by atoms with van der Waals surface area (Å²) in [7, 11) is 3.44. The number of ether oxygens (including phenoxy) is 1. The van der Waals surface area contributed by atoms with Gasteiger partial charge in [-0.05, 0) is 31.4 Å². The van der Waals surface area contributed by atoms with E-state index in [9.17, 15) is 4.79 Å². The van der Waals surface area contributed by atoms with Crippen LogP contribution in [0.5, 0.6) is 0 Å². The normalized spacial score (nSPS) is 18.9. The second kappa shape index (κ2) is 6.52. The molecule has 0 aromatic carbocycles. The summed E-state index contributed by atoms with van der Waals surface area (Å²) in [5.41, 5.74) is 1.37. The minimum absolute atomic E-state index is 0.0856. The Morgan fingerprint density at radius 1 is 1.53 bits per heavy atom. The Morgan fingerprint density at radius 2 is 2.37 bits per heavy atom. The summed E-state index contributed by atoms with van der Waals surface area (Å²) in [5, 5.41) is 3.31. The van der Waals surface area contributed by atoms with Gasteiger partial charge >= 0.3 is 0 Å². The average molecular weight is 263 g/mol. The molecule has 19 heavy (non-hydrogen) atoms. The first-order chi connectivity index (χ1) is 9.16. The van der Waals surface area contributed by atoms with E-state index in [0.717, 1.165) is 31.7 Å².